The number of hydrogen-bond donors (Lipinski definition) is 1. The van der Waals surface area contributed by atoms with Gasteiger partial charge in [0.2, 0.25) is 5.91 Å². The van der Waals surface area contributed by atoms with Gasteiger partial charge in [0.25, 0.3) is 0 Å². The summed E-state index contributed by atoms with van der Waals surface area (Å²) in [4.78, 5) is 15.5. The normalized spacial score (nSPS) is 9.86. The van der Waals surface area contributed by atoms with Crippen molar-refractivity contribution in [1.82, 2.24) is 4.98 Å². The van der Waals surface area contributed by atoms with E-state index in [1.165, 1.54) is 0 Å². The number of aromatic nitrogens is 1. The molecule has 3 nitrogen and oxygen atoms in total. The molecule has 0 unspecified atom stereocenters. The van der Waals surface area contributed by atoms with Gasteiger partial charge in [-0.3, -0.25) is 4.79 Å². The molecule has 1 aromatic rings. The van der Waals surface area contributed by atoms with Crippen molar-refractivity contribution in [2.75, 3.05) is 5.32 Å². The molecule has 0 radical (unpaired) electrons. The van der Waals surface area contributed by atoms with Gasteiger partial charge in [-0.15, -0.1) is 0 Å². The molecule has 14 heavy (non-hydrogen) atoms. The number of nitrogens with one attached hydrogen (secondary N) is 1. The average molecular weight is 192 g/mol. The van der Waals surface area contributed by atoms with E-state index in [1.807, 2.05) is 19.1 Å². The van der Waals surface area contributed by atoms with Gasteiger partial charge in [-0.2, -0.15) is 0 Å². The predicted molar refractivity (Wildman–Crippen MR) is 57.1 cm³/mol. The summed E-state index contributed by atoms with van der Waals surface area (Å²) in [6.07, 6.45) is 2.54. The van der Waals surface area contributed by atoms with Gasteiger partial charge in [-0.05, 0) is 25.5 Å². The molecule has 1 aromatic heterocycles. The van der Waals surface area contributed by atoms with Crippen LogP contribution in [0, 0.1) is 6.92 Å². The van der Waals surface area contributed by atoms with Crippen molar-refractivity contribution < 1.29 is 4.79 Å². The maximum Gasteiger partial charge on any atom is 0.225 e. The first-order valence-electron chi connectivity index (χ1n) is 4.96. The maximum absolute atomic E-state index is 11.3. The highest BCUT2D eigenvalue weighted by Crippen LogP contribution is 2.05. The number of unbranched alkanes of at least 4 members (excludes halogenated alkanes) is 1. The van der Waals surface area contributed by atoms with E-state index < -0.39 is 0 Å². The Bertz CT molecular complexity index is 310. The third kappa shape index (κ3) is 3.56. The van der Waals surface area contributed by atoms with Gasteiger partial charge in [0, 0.05) is 12.1 Å². The topological polar surface area (TPSA) is 42.0 Å². The summed E-state index contributed by atoms with van der Waals surface area (Å²) in [6.45, 7) is 3.97. The molecule has 1 amide bonds. The number of carbonyl (C=O) groups excluding carboxylic acids is 1. The summed E-state index contributed by atoms with van der Waals surface area (Å²) < 4.78 is 0. The molecule has 1 heterocycles. The van der Waals surface area contributed by atoms with E-state index in [0.717, 1.165) is 18.5 Å². The van der Waals surface area contributed by atoms with Crippen molar-refractivity contribution >= 4 is 11.7 Å². The number of carbonyl (C=O) groups is 1. The van der Waals surface area contributed by atoms with Crippen LogP contribution < -0.4 is 5.32 Å². The Hall–Kier alpha value is -1.38. The first-order valence-corrected chi connectivity index (χ1v) is 4.96. The second kappa shape index (κ2) is 5.37. The minimum Gasteiger partial charge on any atom is -0.311 e. The minimum absolute atomic E-state index is 0.0463. The Morgan fingerprint density at radius 1 is 1.50 bits per heavy atom. The second-order valence-electron chi connectivity index (χ2n) is 3.32. The lowest BCUT2D eigenvalue weighted by Crippen LogP contribution is -2.12. The molecular weight excluding hydrogens is 176 g/mol. The van der Waals surface area contributed by atoms with Gasteiger partial charge in [0.15, 0.2) is 0 Å². The third-order valence-corrected chi connectivity index (χ3v) is 1.91. The van der Waals surface area contributed by atoms with Crippen molar-refractivity contribution in [1.29, 1.82) is 0 Å². The molecule has 1 rings (SSSR count). The van der Waals surface area contributed by atoms with Crippen LogP contribution in [0.5, 0.6) is 0 Å². The number of amides is 1. The number of nitrogens with zero attached hydrogens (tertiary/aromatic N) is 1. The highest BCUT2D eigenvalue weighted by molar-refractivity contribution is 5.89. The molecule has 0 spiro atoms. The number of rotatable bonds is 4. The van der Waals surface area contributed by atoms with Crippen LogP contribution in [0.2, 0.25) is 0 Å². The van der Waals surface area contributed by atoms with Gasteiger partial charge in [0.05, 0.1) is 0 Å². The number of hydrogen-bond acceptors (Lipinski definition) is 2. The molecule has 0 fully saturated rings. The Morgan fingerprint density at radius 3 is 2.93 bits per heavy atom. The van der Waals surface area contributed by atoms with Crippen molar-refractivity contribution in [2.45, 2.75) is 33.1 Å². The summed E-state index contributed by atoms with van der Waals surface area (Å²) in [7, 11) is 0. The molecule has 0 atom stereocenters. The van der Waals surface area contributed by atoms with Crippen LogP contribution in [0.4, 0.5) is 5.82 Å². The Labute approximate surface area is 84.6 Å². The zero-order valence-corrected chi connectivity index (χ0v) is 8.71. The van der Waals surface area contributed by atoms with Crippen molar-refractivity contribution in [3.05, 3.63) is 23.9 Å². The maximum atomic E-state index is 11.3. The Kier molecular flexibility index (Phi) is 4.11. The monoisotopic (exact) mass is 192 g/mol. The fraction of sp³-hybridized carbons (Fsp3) is 0.455. The smallest absolute Gasteiger partial charge is 0.225 e. The van der Waals surface area contributed by atoms with Gasteiger partial charge in [-0.1, -0.05) is 19.4 Å². The van der Waals surface area contributed by atoms with E-state index in [1.54, 1.807) is 6.07 Å². The van der Waals surface area contributed by atoms with E-state index in [4.69, 9.17) is 0 Å². The number of aryl methyl sites for hydroxylation is 1. The largest absolute Gasteiger partial charge is 0.311 e. The van der Waals surface area contributed by atoms with Gasteiger partial charge < -0.3 is 5.32 Å². The van der Waals surface area contributed by atoms with Gasteiger partial charge in [-0.25, -0.2) is 4.98 Å². The summed E-state index contributed by atoms with van der Waals surface area (Å²) in [6, 6.07) is 5.59. The molecule has 0 aromatic carbocycles. The van der Waals surface area contributed by atoms with Crippen LogP contribution in [0.1, 0.15) is 31.9 Å². The first kappa shape index (κ1) is 10.7. The van der Waals surface area contributed by atoms with Crippen LogP contribution >= 0.6 is 0 Å². The molecule has 0 aliphatic heterocycles. The fourth-order valence-electron chi connectivity index (χ4n) is 1.16. The lowest BCUT2D eigenvalue weighted by molar-refractivity contribution is -0.116. The van der Waals surface area contributed by atoms with Crippen LogP contribution in [-0.4, -0.2) is 10.9 Å². The summed E-state index contributed by atoms with van der Waals surface area (Å²) >= 11 is 0. The first-order chi connectivity index (χ1) is 6.72. The standard InChI is InChI=1S/C11H16N2O/c1-3-4-8-11(14)13-10-7-5-6-9(2)12-10/h5-7H,3-4,8H2,1-2H3,(H,12,13,14). The zero-order valence-electron chi connectivity index (χ0n) is 8.71. The average Bonchev–Trinajstić information content (AvgIpc) is 2.15. The number of pyridine rings is 1. The lowest BCUT2D eigenvalue weighted by Gasteiger charge is -2.03. The van der Waals surface area contributed by atoms with Crippen molar-refractivity contribution in [2.24, 2.45) is 0 Å². The quantitative estimate of drug-likeness (QED) is 0.796. The van der Waals surface area contributed by atoms with Crippen LogP contribution in [0.15, 0.2) is 18.2 Å². The second-order valence-corrected chi connectivity index (χ2v) is 3.32. The molecule has 76 valence electrons. The van der Waals surface area contributed by atoms with Crippen LogP contribution in [-0.2, 0) is 4.79 Å². The predicted octanol–water partition coefficient (Wildman–Crippen LogP) is 2.52. The summed E-state index contributed by atoms with van der Waals surface area (Å²) in [5.74, 6) is 0.691. The summed E-state index contributed by atoms with van der Waals surface area (Å²) in [5.41, 5.74) is 0.915. The molecule has 0 aliphatic carbocycles. The molecule has 3 heteroatoms. The number of anilines is 1. The van der Waals surface area contributed by atoms with Crippen LogP contribution in [0.25, 0.3) is 0 Å². The van der Waals surface area contributed by atoms with E-state index in [2.05, 4.69) is 17.2 Å². The fourth-order valence-corrected chi connectivity index (χ4v) is 1.16. The zero-order chi connectivity index (χ0) is 10.4. The van der Waals surface area contributed by atoms with Gasteiger partial charge in [0.1, 0.15) is 5.82 Å². The van der Waals surface area contributed by atoms with Gasteiger partial charge >= 0.3 is 0 Å². The highest BCUT2D eigenvalue weighted by Gasteiger charge is 2.01. The summed E-state index contributed by atoms with van der Waals surface area (Å²) in [5, 5.41) is 2.77. The van der Waals surface area contributed by atoms with E-state index in [0.29, 0.717) is 12.2 Å². The molecular formula is C11H16N2O. The van der Waals surface area contributed by atoms with E-state index in [9.17, 15) is 4.79 Å². The van der Waals surface area contributed by atoms with E-state index in [-0.39, 0.29) is 5.91 Å². The van der Waals surface area contributed by atoms with Crippen molar-refractivity contribution in [3.63, 3.8) is 0 Å². The Morgan fingerprint density at radius 2 is 2.29 bits per heavy atom. The van der Waals surface area contributed by atoms with Crippen LogP contribution in [0.3, 0.4) is 0 Å². The third-order valence-electron chi connectivity index (χ3n) is 1.91. The Balaban J connectivity index is 2.47. The van der Waals surface area contributed by atoms with E-state index >= 15 is 0 Å². The SMILES string of the molecule is CCCCC(=O)Nc1cccc(C)n1. The molecule has 0 saturated heterocycles. The molecule has 0 bridgehead atoms. The molecule has 1 N–H and O–H groups in total. The lowest BCUT2D eigenvalue weighted by atomic mass is 10.2. The highest BCUT2D eigenvalue weighted by atomic mass is 16.1. The minimum atomic E-state index is 0.0463. The molecule has 0 aliphatic rings. The van der Waals surface area contributed by atoms with Crippen molar-refractivity contribution in [3.8, 4) is 0 Å². The molecule has 0 saturated carbocycles.